The van der Waals surface area contributed by atoms with Crippen LogP contribution in [0.3, 0.4) is 0 Å². The summed E-state index contributed by atoms with van der Waals surface area (Å²) >= 11 is 11.0. The molecule has 0 saturated carbocycles. The lowest BCUT2D eigenvalue weighted by molar-refractivity contribution is -0.122. The Morgan fingerprint density at radius 1 is 1.22 bits per heavy atom. The van der Waals surface area contributed by atoms with Crippen molar-refractivity contribution in [3.8, 4) is 0 Å². The van der Waals surface area contributed by atoms with Crippen LogP contribution in [0.1, 0.15) is 23.2 Å². The van der Waals surface area contributed by atoms with E-state index < -0.39 is 11.8 Å². The smallest absolute Gasteiger partial charge is 0.269 e. The van der Waals surface area contributed by atoms with Crippen LogP contribution in [0.25, 0.3) is 0 Å². The summed E-state index contributed by atoms with van der Waals surface area (Å²) in [6.45, 7) is 0. The standard InChI is InChI=1S/C19H14ClN3O3S/c20-13-6-8-14(9-7-13)23-18(26)15(17(25)22-19(23)27)4-1-5-16(24)12-3-2-10-21-11-12/h2-4,6-11H,1,5H2,(H,22,25,27)/b15-4-. The molecule has 1 aromatic heterocycles. The van der Waals surface area contributed by atoms with Crippen molar-refractivity contribution in [3.63, 3.8) is 0 Å². The van der Waals surface area contributed by atoms with Gasteiger partial charge in [0.1, 0.15) is 5.57 Å². The summed E-state index contributed by atoms with van der Waals surface area (Å²) in [5.74, 6) is -1.24. The number of ketones is 1. The number of benzene rings is 1. The number of nitrogens with zero attached hydrogens (tertiary/aromatic N) is 2. The minimum atomic E-state index is -0.580. The number of rotatable bonds is 5. The lowest BCUT2D eigenvalue weighted by Gasteiger charge is -2.28. The number of allylic oxidation sites excluding steroid dienone is 1. The van der Waals surface area contributed by atoms with Crippen LogP contribution in [0.15, 0.2) is 60.4 Å². The zero-order valence-electron chi connectivity index (χ0n) is 14.0. The first-order valence-corrected chi connectivity index (χ1v) is 8.84. The topological polar surface area (TPSA) is 79.4 Å². The lowest BCUT2D eigenvalue weighted by atomic mass is 10.1. The highest BCUT2D eigenvalue weighted by Crippen LogP contribution is 2.23. The van der Waals surface area contributed by atoms with Crippen molar-refractivity contribution in [3.05, 3.63) is 71.0 Å². The van der Waals surface area contributed by atoms with Crippen LogP contribution in [0, 0.1) is 0 Å². The number of pyridine rings is 1. The van der Waals surface area contributed by atoms with Crippen LogP contribution < -0.4 is 10.2 Å². The number of aromatic nitrogens is 1. The molecule has 27 heavy (non-hydrogen) atoms. The number of nitrogens with one attached hydrogen (secondary N) is 1. The largest absolute Gasteiger partial charge is 0.298 e. The highest BCUT2D eigenvalue weighted by Gasteiger charge is 2.34. The average Bonchev–Trinajstić information content (AvgIpc) is 2.66. The molecule has 1 aliphatic heterocycles. The van der Waals surface area contributed by atoms with Gasteiger partial charge >= 0.3 is 0 Å². The zero-order valence-corrected chi connectivity index (χ0v) is 15.6. The Morgan fingerprint density at radius 2 is 1.96 bits per heavy atom. The van der Waals surface area contributed by atoms with Crippen molar-refractivity contribution >= 4 is 52.2 Å². The molecule has 2 aromatic rings. The molecule has 1 aliphatic rings. The van der Waals surface area contributed by atoms with Gasteiger partial charge < -0.3 is 0 Å². The summed E-state index contributed by atoms with van der Waals surface area (Å²) in [5, 5.41) is 3.01. The van der Waals surface area contributed by atoms with E-state index >= 15 is 0 Å². The predicted molar refractivity (Wildman–Crippen MR) is 106 cm³/mol. The van der Waals surface area contributed by atoms with Gasteiger partial charge in [-0.05, 0) is 55.0 Å². The number of Topliss-reactive ketones (excluding diaryl/α,β-unsaturated/α-hetero) is 1. The first-order chi connectivity index (χ1) is 13.0. The van der Waals surface area contributed by atoms with Crippen LogP contribution in [-0.4, -0.2) is 27.7 Å². The summed E-state index contributed by atoms with van der Waals surface area (Å²) in [6, 6.07) is 9.86. The van der Waals surface area contributed by atoms with E-state index in [0.29, 0.717) is 16.3 Å². The third-order valence-corrected chi connectivity index (χ3v) is 4.43. The molecule has 3 rings (SSSR count). The van der Waals surface area contributed by atoms with E-state index in [2.05, 4.69) is 10.3 Å². The minimum Gasteiger partial charge on any atom is -0.298 e. The maximum atomic E-state index is 12.8. The number of halogens is 1. The predicted octanol–water partition coefficient (Wildman–Crippen LogP) is 3.07. The van der Waals surface area contributed by atoms with E-state index in [-0.39, 0.29) is 29.3 Å². The number of anilines is 1. The summed E-state index contributed by atoms with van der Waals surface area (Å²) in [5.41, 5.74) is 0.920. The number of carbonyl (C=O) groups is 3. The maximum absolute atomic E-state index is 12.8. The molecule has 0 aliphatic carbocycles. The normalized spacial score (nSPS) is 15.8. The zero-order chi connectivity index (χ0) is 19.4. The highest BCUT2D eigenvalue weighted by atomic mass is 35.5. The minimum absolute atomic E-state index is 0.00379. The van der Waals surface area contributed by atoms with E-state index in [1.54, 1.807) is 42.6 Å². The molecule has 2 amide bonds. The van der Waals surface area contributed by atoms with Crippen LogP contribution in [0.5, 0.6) is 0 Å². The van der Waals surface area contributed by atoms with Gasteiger partial charge in [0, 0.05) is 29.4 Å². The van der Waals surface area contributed by atoms with E-state index in [1.165, 1.54) is 17.2 Å². The van der Waals surface area contributed by atoms with Crippen LogP contribution >= 0.6 is 23.8 Å². The first-order valence-electron chi connectivity index (χ1n) is 8.06. The summed E-state index contributed by atoms with van der Waals surface area (Å²) in [7, 11) is 0. The Balaban J connectivity index is 1.75. The van der Waals surface area contributed by atoms with Gasteiger partial charge in [-0.2, -0.15) is 0 Å². The van der Waals surface area contributed by atoms with E-state index in [9.17, 15) is 14.4 Å². The molecule has 1 fully saturated rings. The van der Waals surface area contributed by atoms with Gasteiger partial charge in [0.2, 0.25) is 0 Å². The second-order valence-corrected chi connectivity index (χ2v) is 6.52. The van der Waals surface area contributed by atoms with Gasteiger partial charge in [-0.15, -0.1) is 0 Å². The fourth-order valence-electron chi connectivity index (χ4n) is 2.55. The van der Waals surface area contributed by atoms with Crippen molar-refractivity contribution in [2.45, 2.75) is 12.8 Å². The molecule has 0 bridgehead atoms. The second kappa shape index (κ2) is 8.20. The summed E-state index contributed by atoms with van der Waals surface area (Å²) in [6.07, 6.45) is 4.91. The molecule has 6 nitrogen and oxygen atoms in total. The van der Waals surface area contributed by atoms with Crippen LogP contribution in [0.2, 0.25) is 5.02 Å². The first kappa shape index (κ1) is 18.9. The monoisotopic (exact) mass is 399 g/mol. The second-order valence-electron chi connectivity index (χ2n) is 5.70. The molecule has 2 heterocycles. The molecule has 8 heteroatoms. The molecule has 136 valence electrons. The Bertz CT molecular complexity index is 942. The number of carbonyl (C=O) groups excluding carboxylic acids is 3. The highest BCUT2D eigenvalue weighted by molar-refractivity contribution is 7.80. The fourth-order valence-corrected chi connectivity index (χ4v) is 2.96. The number of hydrogen-bond donors (Lipinski definition) is 1. The van der Waals surface area contributed by atoms with E-state index in [0.717, 1.165) is 0 Å². The fraction of sp³-hybridized carbons (Fsp3) is 0.105. The van der Waals surface area contributed by atoms with Crippen LogP contribution in [-0.2, 0) is 9.59 Å². The van der Waals surface area contributed by atoms with Crippen molar-refractivity contribution in [2.75, 3.05) is 4.90 Å². The summed E-state index contributed by atoms with van der Waals surface area (Å²) < 4.78 is 0. The molecule has 1 saturated heterocycles. The van der Waals surface area contributed by atoms with Gasteiger partial charge in [-0.3, -0.25) is 29.6 Å². The lowest BCUT2D eigenvalue weighted by Crippen LogP contribution is -2.54. The third-order valence-electron chi connectivity index (χ3n) is 3.89. The molecule has 0 radical (unpaired) electrons. The van der Waals surface area contributed by atoms with Crippen molar-refractivity contribution < 1.29 is 14.4 Å². The molecular formula is C19H14ClN3O3S. The van der Waals surface area contributed by atoms with Gasteiger partial charge in [0.15, 0.2) is 10.9 Å². The Hall–Kier alpha value is -2.90. The molecule has 0 spiro atoms. The third kappa shape index (κ3) is 4.27. The Labute approximate surface area is 165 Å². The van der Waals surface area contributed by atoms with Gasteiger partial charge in [-0.1, -0.05) is 17.7 Å². The molecule has 0 unspecified atom stereocenters. The number of hydrogen-bond acceptors (Lipinski definition) is 5. The Kier molecular flexibility index (Phi) is 5.73. The molecule has 0 atom stereocenters. The van der Waals surface area contributed by atoms with Crippen molar-refractivity contribution in [2.24, 2.45) is 0 Å². The maximum Gasteiger partial charge on any atom is 0.269 e. The quantitative estimate of drug-likeness (QED) is 0.362. The summed E-state index contributed by atoms with van der Waals surface area (Å²) in [4.78, 5) is 42.2. The molecule has 1 aromatic carbocycles. The van der Waals surface area contributed by atoms with Gasteiger partial charge in [-0.25, -0.2) is 0 Å². The van der Waals surface area contributed by atoms with Gasteiger partial charge in [0.05, 0.1) is 5.69 Å². The van der Waals surface area contributed by atoms with Gasteiger partial charge in [0.25, 0.3) is 11.8 Å². The number of thiocarbonyl (C=S) groups is 1. The van der Waals surface area contributed by atoms with E-state index in [4.69, 9.17) is 23.8 Å². The van der Waals surface area contributed by atoms with Crippen molar-refractivity contribution in [1.82, 2.24) is 10.3 Å². The van der Waals surface area contributed by atoms with Crippen LogP contribution in [0.4, 0.5) is 5.69 Å². The number of amides is 2. The molecule has 1 N–H and O–H groups in total. The van der Waals surface area contributed by atoms with Crippen molar-refractivity contribution in [1.29, 1.82) is 0 Å². The Morgan fingerprint density at radius 3 is 2.63 bits per heavy atom. The average molecular weight is 400 g/mol. The van der Waals surface area contributed by atoms with E-state index in [1.807, 2.05) is 0 Å². The SMILES string of the molecule is O=C1NC(=S)N(c2ccc(Cl)cc2)C(=O)/C1=C\CCC(=O)c1cccnc1. The molecular weight excluding hydrogens is 386 g/mol.